The number of carbonyl (C=O) groups is 2. The number of aliphatic hydroxyl groups excluding tert-OH is 4. The van der Waals surface area contributed by atoms with Crippen molar-refractivity contribution in [3.05, 3.63) is 53.8 Å². The van der Waals surface area contributed by atoms with Gasteiger partial charge in [0.05, 0.1) is 25.9 Å². The minimum atomic E-state index is -2.19. The maximum absolute atomic E-state index is 12.6. The van der Waals surface area contributed by atoms with Gasteiger partial charge >= 0.3 is 11.9 Å². The molecule has 1 saturated carbocycles. The van der Waals surface area contributed by atoms with E-state index < -0.39 is 85.2 Å². The van der Waals surface area contributed by atoms with Crippen LogP contribution in [0.4, 0.5) is 0 Å². The van der Waals surface area contributed by atoms with Gasteiger partial charge in [0.1, 0.15) is 47.3 Å². The van der Waals surface area contributed by atoms with Gasteiger partial charge in [-0.3, -0.25) is 0 Å². The van der Waals surface area contributed by atoms with Crippen LogP contribution in [-0.2, 0) is 33.3 Å². The average molecular weight is 553 g/mol. The van der Waals surface area contributed by atoms with E-state index in [9.17, 15) is 40.2 Å². The van der Waals surface area contributed by atoms with E-state index in [0.29, 0.717) is 0 Å². The summed E-state index contributed by atoms with van der Waals surface area (Å²) in [7, 11) is 1.08. The second-order valence-corrected chi connectivity index (χ2v) is 9.86. The minimum absolute atomic E-state index is 0.373. The van der Waals surface area contributed by atoms with Crippen molar-refractivity contribution < 1.29 is 63.9 Å². The highest BCUT2D eigenvalue weighted by atomic mass is 16.8. The molecule has 13 heteroatoms. The summed E-state index contributed by atoms with van der Waals surface area (Å²) in [5.41, 5.74) is -3.92. The van der Waals surface area contributed by atoms with Gasteiger partial charge in [-0.25, -0.2) is 9.59 Å². The number of ether oxygens (including phenoxy) is 5. The van der Waals surface area contributed by atoms with E-state index in [2.05, 4.69) is 0 Å². The van der Waals surface area contributed by atoms with Crippen LogP contribution in [0.3, 0.4) is 0 Å². The summed E-state index contributed by atoms with van der Waals surface area (Å²) in [6, 6.07) is 8.90. The molecule has 2 heterocycles. The minimum Gasteiger partial charge on any atom is -0.471 e. The molecular formula is C26H32O13. The first-order chi connectivity index (χ1) is 18.4. The normalized spacial score (nSPS) is 39.9. The van der Waals surface area contributed by atoms with Gasteiger partial charge < -0.3 is 54.3 Å². The molecule has 1 aliphatic carbocycles. The lowest BCUT2D eigenvalue weighted by molar-refractivity contribution is -0.352. The molecule has 1 saturated heterocycles. The van der Waals surface area contributed by atoms with Crippen LogP contribution >= 0.6 is 0 Å². The fourth-order valence-electron chi connectivity index (χ4n) is 5.22. The third-order valence-electron chi connectivity index (χ3n) is 7.34. The van der Waals surface area contributed by atoms with Gasteiger partial charge in [-0.1, -0.05) is 30.3 Å². The van der Waals surface area contributed by atoms with E-state index in [-0.39, 0.29) is 5.57 Å². The topological polar surface area (TPSA) is 202 Å². The van der Waals surface area contributed by atoms with Gasteiger partial charge in [-0.05, 0) is 18.6 Å². The lowest BCUT2D eigenvalue weighted by Gasteiger charge is -2.46. The molecule has 2 aliphatic heterocycles. The molecule has 3 aliphatic rings. The summed E-state index contributed by atoms with van der Waals surface area (Å²) in [6.45, 7) is 0.532. The summed E-state index contributed by atoms with van der Waals surface area (Å²) < 4.78 is 26.8. The Kier molecular flexibility index (Phi) is 8.44. The van der Waals surface area contributed by atoms with E-state index in [1.165, 1.54) is 13.0 Å². The Morgan fingerprint density at radius 2 is 1.77 bits per heavy atom. The molecular weight excluding hydrogens is 520 g/mol. The van der Waals surface area contributed by atoms with Crippen LogP contribution in [-0.4, -0.2) is 111 Å². The quantitative estimate of drug-likeness (QED) is 0.166. The highest BCUT2D eigenvalue weighted by Gasteiger charge is 2.69. The predicted octanol–water partition coefficient (Wildman–Crippen LogP) is -1.66. The number of methoxy groups -OCH3 is 1. The highest BCUT2D eigenvalue weighted by Crippen LogP contribution is 2.53. The van der Waals surface area contributed by atoms with Crippen molar-refractivity contribution in [2.45, 2.75) is 67.6 Å². The highest BCUT2D eigenvalue weighted by molar-refractivity contribution is 5.91. The summed E-state index contributed by atoms with van der Waals surface area (Å²) in [5.74, 6) is -3.31. The van der Waals surface area contributed by atoms with Gasteiger partial charge in [0.25, 0.3) is 0 Å². The molecule has 0 amide bonds. The van der Waals surface area contributed by atoms with Crippen molar-refractivity contribution in [3.8, 4) is 0 Å². The Labute approximate surface area is 223 Å². The van der Waals surface area contributed by atoms with Crippen molar-refractivity contribution in [2.24, 2.45) is 5.92 Å². The largest absolute Gasteiger partial charge is 0.471 e. The van der Waals surface area contributed by atoms with Crippen LogP contribution in [0, 0.1) is 5.92 Å². The maximum atomic E-state index is 12.6. The SMILES string of the molecule is COC(=O)C1=CO[C@H](O[C@@H]2O[C@H](CO)[C@@H](O)[C@H](O)[C@H]2O)[C@@H]2[C@@](C)(O)[C@@H](OC(=O)/C=C/c3ccccc3)C[C@]12O. The zero-order valence-electron chi connectivity index (χ0n) is 21.2. The molecule has 0 bridgehead atoms. The fraction of sp³-hybridized carbons (Fsp3) is 0.538. The molecule has 0 radical (unpaired) electrons. The zero-order valence-corrected chi connectivity index (χ0v) is 21.2. The lowest BCUT2D eigenvalue weighted by Crippen LogP contribution is -2.62. The van der Waals surface area contributed by atoms with Crippen LogP contribution < -0.4 is 0 Å². The molecule has 0 aromatic heterocycles. The predicted molar refractivity (Wildman–Crippen MR) is 129 cm³/mol. The number of hydrogen-bond acceptors (Lipinski definition) is 13. The first-order valence-electron chi connectivity index (χ1n) is 12.2. The molecule has 0 unspecified atom stereocenters. The smallest absolute Gasteiger partial charge is 0.339 e. The first-order valence-corrected chi connectivity index (χ1v) is 12.2. The van der Waals surface area contributed by atoms with Crippen LogP contribution in [0.5, 0.6) is 0 Å². The van der Waals surface area contributed by atoms with Crippen LogP contribution in [0.1, 0.15) is 18.9 Å². The molecule has 39 heavy (non-hydrogen) atoms. The van der Waals surface area contributed by atoms with Gasteiger partial charge in [0.15, 0.2) is 6.29 Å². The summed E-state index contributed by atoms with van der Waals surface area (Å²) in [6.07, 6.45) is -8.13. The molecule has 1 aromatic rings. The molecule has 0 spiro atoms. The molecule has 13 nitrogen and oxygen atoms in total. The maximum Gasteiger partial charge on any atom is 0.339 e. The number of hydrogen-bond donors (Lipinski definition) is 6. The van der Waals surface area contributed by atoms with Crippen LogP contribution in [0.15, 0.2) is 48.2 Å². The summed E-state index contributed by atoms with van der Waals surface area (Å²) in [5, 5.41) is 63.3. The Bertz CT molecular complexity index is 1100. The number of fused-ring (bicyclic) bond motifs is 1. The van der Waals surface area contributed by atoms with E-state index in [4.69, 9.17) is 23.7 Å². The Morgan fingerprint density at radius 1 is 1.08 bits per heavy atom. The van der Waals surface area contributed by atoms with Crippen molar-refractivity contribution in [1.29, 1.82) is 0 Å². The second-order valence-electron chi connectivity index (χ2n) is 9.86. The molecule has 4 rings (SSSR count). The van der Waals surface area contributed by atoms with Gasteiger partial charge in [-0.15, -0.1) is 0 Å². The van der Waals surface area contributed by atoms with Crippen molar-refractivity contribution in [1.82, 2.24) is 0 Å². The Balaban J connectivity index is 1.61. The molecule has 10 atom stereocenters. The third kappa shape index (κ3) is 5.44. The standard InChI is InChI=1S/C26H32O13/c1-25(33)16(38-17(28)9-8-13-6-4-3-5-7-13)10-26(34)14(22(32)35-2)12-36-24(21(25)26)39-23-20(31)19(30)18(29)15(11-27)37-23/h3-9,12,15-16,18-21,23-24,27,29-31,33-34H,10-11H2,1-2H3/b9-8+/t15-,16+,18-,19+,20-,21-,23+,24-,25+,26+/m1/s1. The molecule has 6 N–H and O–H groups in total. The van der Waals surface area contributed by atoms with E-state index in [1.54, 1.807) is 24.3 Å². The van der Waals surface area contributed by atoms with Crippen LogP contribution in [0.25, 0.3) is 6.08 Å². The Morgan fingerprint density at radius 3 is 2.41 bits per heavy atom. The van der Waals surface area contributed by atoms with Crippen LogP contribution in [0.2, 0.25) is 0 Å². The number of esters is 2. The monoisotopic (exact) mass is 552 g/mol. The summed E-state index contributed by atoms with van der Waals surface area (Å²) in [4.78, 5) is 25.1. The third-order valence-corrected chi connectivity index (χ3v) is 7.34. The fourth-order valence-corrected chi connectivity index (χ4v) is 5.22. The average Bonchev–Trinajstić information content (AvgIpc) is 3.12. The number of rotatable bonds is 7. The number of benzene rings is 1. The second kappa shape index (κ2) is 11.3. The van der Waals surface area contributed by atoms with E-state index in [1.807, 2.05) is 6.07 Å². The lowest BCUT2D eigenvalue weighted by atomic mass is 9.77. The molecule has 1 aromatic carbocycles. The molecule has 214 valence electrons. The first kappa shape index (κ1) is 29.1. The van der Waals surface area contributed by atoms with E-state index in [0.717, 1.165) is 25.0 Å². The van der Waals surface area contributed by atoms with Crippen molar-refractivity contribution in [2.75, 3.05) is 13.7 Å². The Hall–Kier alpha value is -2.88. The number of carbonyl (C=O) groups excluding carboxylic acids is 2. The van der Waals surface area contributed by atoms with Crippen molar-refractivity contribution in [3.63, 3.8) is 0 Å². The summed E-state index contributed by atoms with van der Waals surface area (Å²) >= 11 is 0. The van der Waals surface area contributed by atoms with Crippen molar-refractivity contribution >= 4 is 18.0 Å². The number of aliphatic hydroxyl groups is 6. The van der Waals surface area contributed by atoms with Gasteiger partial charge in [0.2, 0.25) is 6.29 Å². The van der Waals surface area contributed by atoms with Gasteiger partial charge in [0, 0.05) is 12.5 Å². The van der Waals surface area contributed by atoms with Gasteiger partial charge in [-0.2, -0.15) is 0 Å². The van der Waals surface area contributed by atoms with E-state index >= 15 is 0 Å². The molecule has 2 fully saturated rings. The zero-order chi connectivity index (χ0) is 28.5.